The van der Waals surface area contributed by atoms with Crippen LogP contribution in [0.15, 0.2) is 120 Å². The Morgan fingerprint density at radius 3 is 2.14 bits per heavy atom. The molecule has 0 saturated carbocycles. The van der Waals surface area contributed by atoms with E-state index in [0.717, 1.165) is 11.1 Å². The Morgan fingerprint density at radius 2 is 1.52 bits per heavy atom. The molecule has 2 heterocycles. The van der Waals surface area contributed by atoms with E-state index >= 15 is 0 Å². The summed E-state index contributed by atoms with van der Waals surface area (Å²) in [6, 6.07) is 29.2. The van der Waals surface area contributed by atoms with Crippen LogP contribution in [0.5, 0.6) is 0 Å². The number of carbonyl (C=O) groups is 4. The molecule has 254 valence electrons. The molecule has 1 N–H and O–H groups in total. The van der Waals surface area contributed by atoms with Gasteiger partial charge < -0.3 is 19.7 Å². The smallest absolute Gasteiger partial charge is 0.339 e. The standard InChI is InChI=1S/C37H30BrN3O8S/c38-20-27-22-50-35-31(34(43)40(35)32(27)37(45)48-21-23-15-17-28(18-16-23)41(46)47)39-30(42)19-26-13-7-8-14-29(26)36(44)49-33(24-9-3-1-4-10-24)25-11-5-2-6-12-25/h1-18,22,31-33,35H,19-21H2,(H,39,42)/t31?,32?,35-/m1/s1. The van der Waals surface area contributed by atoms with Crippen LogP contribution in [0, 0.1) is 10.1 Å². The summed E-state index contributed by atoms with van der Waals surface area (Å²) in [5.74, 6) is -2.17. The van der Waals surface area contributed by atoms with Gasteiger partial charge in [0, 0.05) is 17.5 Å². The number of carbonyl (C=O) groups excluding carboxylic acids is 4. The lowest BCUT2D eigenvalue weighted by atomic mass is 9.98. The normalized spacial score (nSPS) is 18.0. The second kappa shape index (κ2) is 15.5. The average Bonchev–Trinajstić information content (AvgIpc) is 3.15. The molecule has 2 aliphatic rings. The molecule has 13 heteroatoms. The maximum atomic E-state index is 13.6. The summed E-state index contributed by atoms with van der Waals surface area (Å²) < 4.78 is 11.5. The number of esters is 2. The minimum atomic E-state index is -1.00. The zero-order chi connectivity index (χ0) is 35.2. The van der Waals surface area contributed by atoms with E-state index in [1.54, 1.807) is 29.7 Å². The molecule has 0 radical (unpaired) electrons. The predicted molar refractivity (Wildman–Crippen MR) is 189 cm³/mol. The van der Waals surface area contributed by atoms with E-state index < -0.39 is 52.2 Å². The number of nitrogens with zero attached hydrogens (tertiary/aromatic N) is 2. The van der Waals surface area contributed by atoms with Crippen molar-refractivity contribution in [1.29, 1.82) is 0 Å². The maximum Gasteiger partial charge on any atom is 0.339 e. The molecule has 3 atom stereocenters. The van der Waals surface area contributed by atoms with Gasteiger partial charge in [0.1, 0.15) is 18.0 Å². The number of non-ortho nitro benzene ring substituents is 1. The lowest BCUT2D eigenvalue weighted by molar-refractivity contribution is -0.384. The molecule has 1 saturated heterocycles. The second-order valence-electron chi connectivity index (χ2n) is 11.5. The average molecular weight is 757 g/mol. The van der Waals surface area contributed by atoms with Gasteiger partial charge in [0.15, 0.2) is 12.1 Å². The number of alkyl halides is 1. The van der Waals surface area contributed by atoms with E-state index in [2.05, 4.69) is 21.2 Å². The number of fused-ring (bicyclic) bond motifs is 1. The van der Waals surface area contributed by atoms with Gasteiger partial charge in [-0.05, 0) is 51.4 Å². The first-order chi connectivity index (χ1) is 24.2. The molecule has 0 spiro atoms. The Hall–Kier alpha value is -5.27. The lowest BCUT2D eigenvalue weighted by Gasteiger charge is -2.51. The van der Waals surface area contributed by atoms with Crippen LogP contribution >= 0.6 is 27.7 Å². The molecule has 0 aromatic heterocycles. The largest absolute Gasteiger partial charge is 0.459 e. The molecule has 0 bridgehead atoms. The Labute approximate surface area is 299 Å². The van der Waals surface area contributed by atoms with Crippen molar-refractivity contribution in [1.82, 2.24) is 10.2 Å². The van der Waals surface area contributed by atoms with E-state index in [1.165, 1.54) is 40.9 Å². The number of nitro benzene ring substituents is 1. The number of hydrogen-bond donors (Lipinski definition) is 1. The first kappa shape index (κ1) is 34.6. The third kappa shape index (κ3) is 7.48. The maximum absolute atomic E-state index is 13.6. The Morgan fingerprint density at radius 1 is 0.900 bits per heavy atom. The first-order valence-electron chi connectivity index (χ1n) is 15.6. The second-order valence-corrected chi connectivity index (χ2v) is 13.1. The molecular weight excluding hydrogens is 726 g/mol. The molecule has 2 amide bonds. The molecule has 2 unspecified atom stereocenters. The van der Waals surface area contributed by atoms with Crippen LogP contribution in [-0.4, -0.2) is 56.4 Å². The Balaban J connectivity index is 1.11. The molecule has 4 aromatic rings. The molecule has 0 aliphatic carbocycles. The Kier molecular flexibility index (Phi) is 10.7. The van der Waals surface area contributed by atoms with Crippen LogP contribution in [-0.2, 0) is 36.9 Å². The highest BCUT2D eigenvalue weighted by atomic mass is 79.9. The van der Waals surface area contributed by atoms with Gasteiger partial charge >= 0.3 is 11.9 Å². The minimum Gasteiger partial charge on any atom is -0.459 e. The number of halogens is 1. The summed E-state index contributed by atoms with van der Waals surface area (Å²) in [6.07, 6.45) is -0.850. The number of hydrogen-bond acceptors (Lipinski definition) is 9. The fourth-order valence-electron chi connectivity index (χ4n) is 5.78. The number of thioether (sulfide) groups is 1. The molecule has 4 aromatic carbocycles. The van der Waals surface area contributed by atoms with E-state index in [9.17, 15) is 29.3 Å². The number of benzene rings is 4. The van der Waals surface area contributed by atoms with Crippen LogP contribution in [0.3, 0.4) is 0 Å². The van der Waals surface area contributed by atoms with E-state index in [0.29, 0.717) is 22.0 Å². The fraction of sp³-hybridized carbons (Fsp3) is 0.189. The van der Waals surface area contributed by atoms with Crippen molar-refractivity contribution in [3.63, 3.8) is 0 Å². The number of amides is 2. The third-order valence-electron chi connectivity index (χ3n) is 8.31. The van der Waals surface area contributed by atoms with Crippen molar-refractivity contribution < 1.29 is 33.6 Å². The molecule has 2 aliphatic heterocycles. The van der Waals surface area contributed by atoms with E-state index in [4.69, 9.17) is 9.47 Å². The van der Waals surface area contributed by atoms with Gasteiger partial charge in [-0.1, -0.05) is 94.8 Å². The predicted octanol–water partition coefficient (Wildman–Crippen LogP) is 5.87. The molecular formula is C37H30BrN3O8S. The number of ether oxygens (including phenoxy) is 2. The zero-order valence-corrected chi connectivity index (χ0v) is 28.7. The zero-order valence-electron chi connectivity index (χ0n) is 26.3. The van der Waals surface area contributed by atoms with Gasteiger partial charge in [-0.3, -0.25) is 19.7 Å². The van der Waals surface area contributed by atoms with Gasteiger partial charge in [-0.25, -0.2) is 9.59 Å². The van der Waals surface area contributed by atoms with E-state index in [-0.39, 0.29) is 24.3 Å². The number of nitrogens with one attached hydrogen (secondary N) is 1. The van der Waals surface area contributed by atoms with Gasteiger partial charge in [0.05, 0.1) is 16.9 Å². The van der Waals surface area contributed by atoms with Crippen molar-refractivity contribution in [2.75, 3.05) is 5.33 Å². The van der Waals surface area contributed by atoms with Gasteiger partial charge in [0.25, 0.3) is 5.69 Å². The number of β-lactam (4-membered cyclic amide) rings is 1. The van der Waals surface area contributed by atoms with Crippen molar-refractivity contribution in [2.24, 2.45) is 0 Å². The van der Waals surface area contributed by atoms with Crippen molar-refractivity contribution in [3.8, 4) is 0 Å². The minimum absolute atomic E-state index is 0.0841. The third-order valence-corrected chi connectivity index (χ3v) is 10.2. The van der Waals surface area contributed by atoms with Crippen molar-refractivity contribution in [3.05, 3.63) is 158 Å². The van der Waals surface area contributed by atoms with Gasteiger partial charge in [0.2, 0.25) is 11.8 Å². The molecule has 1 fully saturated rings. The van der Waals surface area contributed by atoms with Crippen LogP contribution in [0.25, 0.3) is 0 Å². The highest BCUT2D eigenvalue weighted by Crippen LogP contribution is 2.41. The summed E-state index contributed by atoms with van der Waals surface area (Å²) in [4.78, 5) is 65.4. The quantitative estimate of drug-likeness (QED) is 0.0617. The summed E-state index contributed by atoms with van der Waals surface area (Å²) in [5, 5.41) is 15.3. The summed E-state index contributed by atoms with van der Waals surface area (Å²) >= 11 is 4.69. The lowest BCUT2D eigenvalue weighted by Crippen LogP contribution is -2.74. The van der Waals surface area contributed by atoms with Gasteiger partial charge in [-0.2, -0.15) is 0 Å². The van der Waals surface area contributed by atoms with Crippen LogP contribution in [0.2, 0.25) is 0 Å². The van der Waals surface area contributed by atoms with Crippen LogP contribution < -0.4 is 5.32 Å². The highest BCUT2D eigenvalue weighted by molar-refractivity contribution is 9.09. The SMILES string of the molecule is O=C(Cc1ccccc1C(=O)OC(c1ccccc1)c1ccccc1)NC1C(=O)N2C(C(=O)OCc3ccc([N+](=O)[O-])cc3)C(CBr)=CS[C@H]12. The number of rotatable bonds is 12. The molecule has 6 rings (SSSR count). The number of nitro groups is 1. The molecule has 11 nitrogen and oxygen atoms in total. The van der Waals surface area contributed by atoms with Crippen LogP contribution in [0.1, 0.15) is 38.7 Å². The fourth-order valence-corrected chi connectivity index (χ4v) is 7.69. The Bertz CT molecular complexity index is 1900. The van der Waals surface area contributed by atoms with Gasteiger partial charge in [-0.15, -0.1) is 11.8 Å². The molecule has 50 heavy (non-hydrogen) atoms. The monoisotopic (exact) mass is 755 g/mol. The van der Waals surface area contributed by atoms with Crippen molar-refractivity contribution >= 4 is 57.1 Å². The summed E-state index contributed by atoms with van der Waals surface area (Å²) in [7, 11) is 0. The van der Waals surface area contributed by atoms with Crippen LogP contribution in [0.4, 0.5) is 5.69 Å². The van der Waals surface area contributed by atoms with E-state index in [1.807, 2.05) is 60.7 Å². The highest BCUT2D eigenvalue weighted by Gasteiger charge is 2.56. The first-order valence-corrected chi connectivity index (χ1v) is 17.6. The van der Waals surface area contributed by atoms with Crippen molar-refractivity contribution in [2.45, 2.75) is 36.6 Å². The summed E-state index contributed by atoms with van der Waals surface area (Å²) in [6.45, 7) is -0.137. The summed E-state index contributed by atoms with van der Waals surface area (Å²) in [5.41, 5.74) is 3.35. The topological polar surface area (TPSA) is 145 Å².